The number of benzene rings is 1. The minimum absolute atomic E-state index is 0.0161. The van der Waals surface area contributed by atoms with Crippen LogP contribution in [-0.4, -0.2) is 28.9 Å². The molecule has 1 fully saturated rings. The average Bonchev–Trinajstić information content (AvgIpc) is 3.27. The Kier molecular flexibility index (Phi) is 7.44. The highest BCUT2D eigenvalue weighted by molar-refractivity contribution is 6.33. The first kappa shape index (κ1) is 26.5. The summed E-state index contributed by atoms with van der Waals surface area (Å²) in [4.78, 5) is 26.0. The first-order valence-corrected chi connectivity index (χ1v) is 11.9. The van der Waals surface area contributed by atoms with Crippen LogP contribution in [0.15, 0.2) is 41.2 Å². The standard InChI is InChI=1S/C25H24ClF3N4O4/c1-13-18(12-37-32-13)23(34)31-22(15-5-8-25(28,29)9-6-15)24(35)30-16-3-4-17(20(27)11-16)21-14(2)33(36)10-7-19(21)26/h3-4,7,10-12,15,22H,5-6,8-9H2,1-2H3,(H,30,35)(H,31,34). The van der Waals surface area contributed by atoms with Crippen LogP contribution in [0.3, 0.4) is 0 Å². The van der Waals surface area contributed by atoms with Crippen LogP contribution in [0.1, 0.15) is 47.4 Å². The number of alkyl halides is 2. The molecule has 1 saturated carbocycles. The highest BCUT2D eigenvalue weighted by Gasteiger charge is 2.40. The molecule has 2 N–H and O–H groups in total. The number of hydrogen-bond donors (Lipinski definition) is 2. The zero-order chi connectivity index (χ0) is 26.9. The number of hydrogen-bond acceptors (Lipinski definition) is 5. The van der Waals surface area contributed by atoms with Crippen LogP contribution in [-0.2, 0) is 4.79 Å². The third kappa shape index (κ3) is 5.71. The van der Waals surface area contributed by atoms with Crippen molar-refractivity contribution in [2.45, 2.75) is 51.5 Å². The Labute approximate surface area is 215 Å². The van der Waals surface area contributed by atoms with Gasteiger partial charge in [0.05, 0.1) is 16.3 Å². The largest absolute Gasteiger partial charge is 0.618 e. The quantitative estimate of drug-likeness (QED) is 0.342. The van der Waals surface area contributed by atoms with Crippen molar-refractivity contribution in [2.75, 3.05) is 5.32 Å². The topological polar surface area (TPSA) is 111 Å². The van der Waals surface area contributed by atoms with Gasteiger partial charge in [-0.25, -0.2) is 13.2 Å². The number of nitrogens with zero attached hydrogens (tertiary/aromatic N) is 2. The maximum atomic E-state index is 15.1. The van der Waals surface area contributed by atoms with E-state index in [1.165, 1.54) is 31.3 Å². The van der Waals surface area contributed by atoms with E-state index in [0.717, 1.165) is 12.3 Å². The SMILES string of the molecule is Cc1nocc1C(=O)NC(C(=O)Nc1ccc(-c2c(Cl)cc[n+]([O-])c2C)c(F)c1)C1CCC(F)(F)CC1. The van der Waals surface area contributed by atoms with Crippen molar-refractivity contribution >= 4 is 29.1 Å². The molecule has 1 atom stereocenters. The van der Waals surface area contributed by atoms with Crippen molar-refractivity contribution < 1.29 is 32.0 Å². The summed E-state index contributed by atoms with van der Waals surface area (Å²) in [5, 5.41) is 20.9. The van der Waals surface area contributed by atoms with E-state index in [1.54, 1.807) is 6.92 Å². The third-order valence-corrected chi connectivity index (χ3v) is 6.91. The normalized spacial score (nSPS) is 16.3. The molecule has 2 amide bonds. The first-order chi connectivity index (χ1) is 17.5. The lowest BCUT2D eigenvalue weighted by atomic mass is 9.81. The van der Waals surface area contributed by atoms with E-state index in [0.29, 0.717) is 10.4 Å². The summed E-state index contributed by atoms with van der Waals surface area (Å²) in [6.45, 7) is 3.05. The molecule has 8 nitrogen and oxygen atoms in total. The fourth-order valence-electron chi connectivity index (χ4n) is 4.47. The Bertz CT molecular complexity index is 1340. The van der Waals surface area contributed by atoms with E-state index < -0.39 is 48.4 Å². The van der Waals surface area contributed by atoms with E-state index >= 15 is 4.39 Å². The minimum Gasteiger partial charge on any atom is -0.618 e. The summed E-state index contributed by atoms with van der Waals surface area (Å²) in [5.74, 6) is -5.46. The van der Waals surface area contributed by atoms with Crippen LogP contribution in [0.5, 0.6) is 0 Å². The van der Waals surface area contributed by atoms with E-state index in [1.807, 2.05) is 0 Å². The van der Waals surface area contributed by atoms with E-state index in [4.69, 9.17) is 16.1 Å². The van der Waals surface area contributed by atoms with Gasteiger partial charge in [-0.15, -0.1) is 0 Å². The predicted octanol–water partition coefficient (Wildman–Crippen LogP) is 4.95. The Morgan fingerprint density at radius 3 is 2.57 bits per heavy atom. The highest BCUT2D eigenvalue weighted by atomic mass is 35.5. The number of carbonyl (C=O) groups excluding carboxylic acids is 2. The number of aryl methyl sites for hydroxylation is 1. The van der Waals surface area contributed by atoms with E-state index in [-0.39, 0.29) is 45.9 Å². The monoisotopic (exact) mass is 536 g/mol. The smallest absolute Gasteiger partial charge is 0.257 e. The first-order valence-electron chi connectivity index (χ1n) is 11.6. The number of aromatic nitrogens is 2. The summed E-state index contributed by atoms with van der Waals surface area (Å²) >= 11 is 6.19. The van der Waals surface area contributed by atoms with Crippen molar-refractivity contribution in [3.05, 3.63) is 69.7 Å². The van der Waals surface area contributed by atoms with Gasteiger partial charge in [0.25, 0.3) is 5.91 Å². The van der Waals surface area contributed by atoms with E-state index in [2.05, 4.69) is 15.8 Å². The van der Waals surface area contributed by atoms with Crippen LogP contribution >= 0.6 is 11.6 Å². The molecule has 0 saturated heterocycles. The molecule has 0 radical (unpaired) electrons. The van der Waals surface area contributed by atoms with Gasteiger partial charge in [0, 0.05) is 37.1 Å². The molecular weight excluding hydrogens is 513 g/mol. The predicted molar refractivity (Wildman–Crippen MR) is 129 cm³/mol. The van der Waals surface area contributed by atoms with Gasteiger partial charge in [-0.2, -0.15) is 4.73 Å². The van der Waals surface area contributed by atoms with Gasteiger partial charge in [0.1, 0.15) is 23.7 Å². The number of anilines is 1. The van der Waals surface area contributed by atoms with Crippen LogP contribution in [0.4, 0.5) is 18.9 Å². The van der Waals surface area contributed by atoms with Gasteiger partial charge in [-0.3, -0.25) is 9.59 Å². The van der Waals surface area contributed by atoms with Gasteiger partial charge in [0.15, 0.2) is 11.9 Å². The molecule has 12 heteroatoms. The molecule has 1 aliphatic carbocycles. The molecule has 2 heterocycles. The van der Waals surface area contributed by atoms with Crippen molar-refractivity contribution in [2.24, 2.45) is 5.92 Å². The van der Waals surface area contributed by atoms with Gasteiger partial charge < -0.3 is 20.4 Å². The highest BCUT2D eigenvalue weighted by Crippen LogP contribution is 2.38. The molecule has 1 aromatic carbocycles. The second-order valence-corrected chi connectivity index (χ2v) is 9.50. The molecular formula is C25H24ClF3N4O4. The minimum atomic E-state index is -2.83. The number of pyridine rings is 1. The summed E-state index contributed by atoms with van der Waals surface area (Å²) < 4.78 is 47.9. The number of amides is 2. The van der Waals surface area contributed by atoms with Gasteiger partial charge >= 0.3 is 0 Å². The average molecular weight is 537 g/mol. The summed E-state index contributed by atoms with van der Waals surface area (Å²) in [6, 6.07) is 4.04. The number of rotatable bonds is 6. The Balaban J connectivity index is 1.57. The number of carbonyl (C=O) groups is 2. The zero-order valence-electron chi connectivity index (χ0n) is 20.0. The van der Waals surface area contributed by atoms with Gasteiger partial charge in [0.2, 0.25) is 11.8 Å². The van der Waals surface area contributed by atoms with Crippen LogP contribution < -0.4 is 15.4 Å². The molecule has 196 valence electrons. The van der Waals surface area contributed by atoms with Crippen molar-refractivity contribution in [1.29, 1.82) is 0 Å². The molecule has 0 bridgehead atoms. The molecule has 0 aliphatic heterocycles. The van der Waals surface area contributed by atoms with Crippen molar-refractivity contribution in [3.63, 3.8) is 0 Å². The molecule has 37 heavy (non-hydrogen) atoms. The molecule has 4 rings (SSSR count). The van der Waals surface area contributed by atoms with Crippen molar-refractivity contribution in [3.8, 4) is 11.1 Å². The Morgan fingerprint density at radius 1 is 1.24 bits per heavy atom. The Hall–Kier alpha value is -3.60. The van der Waals surface area contributed by atoms with Gasteiger partial charge in [-0.1, -0.05) is 16.8 Å². The molecule has 1 aliphatic rings. The van der Waals surface area contributed by atoms with Crippen LogP contribution in [0.25, 0.3) is 11.1 Å². The van der Waals surface area contributed by atoms with Gasteiger partial charge in [-0.05, 0) is 43.9 Å². The van der Waals surface area contributed by atoms with Crippen LogP contribution in [0, 0.1) is 30.8 Å². The second-order valence-electron chi connectivity index (χ2n) is 9.09. The fraction of sp³-hybridized carbons (Fsp3) is 0.360. The second kappa shape index (κ2) is 10.4. The zero-order valence-corrected chi connectivity index (χ0v) is 20.7. The molecule has 3 aromatic rings. The fourth-order valence-corrected chi connectivity index (χ4v) is 4.77. The summed E-state index contributed by atoms with van der Waals surface area (Å²) in [5.41, 5.74) is 0.968. The van der Waals surface area contributed by atoms with Crippen LogP contribution in [0.2, 0.25) is 5.02 Å². The van der Waals surface area contributed by atoms with Crippen molar-refractivity contribution in [1.82, 2.24) is 10.5 Å². The number of halogens is 4. The maximum Gasteiger partial charge on any atom is 0.257 e. The Morgan fingerprint density at radius 2 is 1.95 bits per heavy atom. The molecule has 1 unspecified atom stereocenters. The third-order valence-electron chi connectivity index (χ3n) is 6.59. The van der Waals surface area contributed by atoms with E-state index in [9.17, 15) is 23.6 Å². The molecule has 2 aromatic heterocycles. The summed E-state index contributed by atoms with van der Waals surface area (Å²) in [6.07, 6.45) is 1.55. The summed E-state index contributed by atoms with van der Waals surface area (Å²) in [7, 11) is 0. The number of nitrogens with one attached hydrogen (secondary N) is 2. The molecule has 0 spiro atoms. The lowest BCUT2D eigenvalue weighted by Gasteiger charge is -2.33. The lowest BCUT2D eigenvalue weighted by Crippen LogP contribution is -2.50. The maximum absolute atomic E-state index is 15.1. The lowest BCUT2D eigenvalue weighted by molar-refractivity contribution is -0.611.